The summed E-state index contributed by atoms with van der Waals surface area (Å²) < 4.78 is 40.9. The molecular weight excluding hydrogens is 506 g/mol. The van der Waals surface area contributed by atoms with Gasteiger partial charge in [-0.05, 0) is 11.5 Å². The van der Waals surface area contributed by atoms with E-state index in [1.165, 1.54) is 12.3 Å². The van der Waals surface area contributed by atoms with Gasteiger partial charge in [0.25, 0.3) is 0 Å². The summed E-state index contributed by atoms with van der Waals surface area (Å²) in [6.07, 6.45) is -2.92. The van der Waals surface area contributed by atoms with Crippen LogP contribution < -0.4 is 15.4 Å². The minimum absolute atomic E-state index is 0. The lowest BCUT2D eigenvalue weighted by atomic mass is 10.2. The number of pyridine rings is 1. The van der Waals surface area contributed by atoms with Crippen LogP contribution >= 0.6 is 35.3 Å². The Bertz CT molecular complexity index is 750. The van der Waals surface area contributed by atoms with Gasteiger partial charge in [0.05, 0.1) is 12.2 Å². The summed E-state index contributed by atoms with van der Waals surface area (Å²) in [6, 6.07) is 3.05. The van der Waals surface area contributed by atoms with E-state index in [4.69, 9.17) is 0 Å². The zero-order chi connectivity index (χ0) is 19.9. The highest BCUT2D eigenvalue weighted by Crippen LogP contribution is 2.18. The topological polar surface area (TPSA) is 71.4 Å². The van der Waals surface area contributed by atoms with Crippen molar-refractivity contribution in [2.75, 3.05) is 13.7 Å². The molecule has 2 heterocycles. The molecule has 156 valence electrons. The van der Waals surface area contributed by atoms with Crippen LogP contribution in [0.25, 0.3) is 0 Å². The summed E-state index contributed by atoms with van der Waals surface area (Å²) in [5, 5.41) is 9.30. The molecule has 0 radical (unpaired) electrons. The molecule has 0 aliphatic carbocycles. The van der Waals surface area contributed by atoms with E-state index in [0.717, 1.165) is 16.3 Å². The van der Waals surface area contributed by atoms with Crippen molar-refractivity contribution >= 4 is 41.3 Å². The number of thiazole rings is 1. The SMILES string of the molecule is CN=C(NCc1ccc(OCC(F)(F)F)nc1)NCc1nc(C(C)C)cs1.I. The largest absolute Gasteiger partial charge is 0.468 e. The van der Waals surface area contributed by atoms with Gasteiger partial charge in [-0.2, -0.15) is 13.2 Å². The lowest BCUT2D eigenvalue weighted by Crippen LogP contribution is -2.36. The Hall–Kier alpha value is -1.63. The van der Waals surface area contributed by atoms with E-state index in [9.17, 15) is 13.2 Å². The summed E-state index contributed by atoms with van der Waals surface area (Å²) in [6.45, 7) is 3.81. The van der Waals surface area contributed by atoms with E-state index in [1.54, 1.807) is 24.5 Å². The van der Waals surface area contributed by atoms with Gasteiger partial charge in [0, 0.05) is 31.2 Å². The van der Waals surface area contributed by atoms with Crippen molar-refractivity contribution in [2.24, 2.45) is 4.99 Å². The molecule has 0 saturated heterocycles. The van der Waals surface area contributed by atoms with E-state index < -0.39 is 12.8 Å². The molecule has 0 fully saturated rings. The fraction of sp³-hybridized carbons (Fsp3) is 0.471. The average molecular weight is 529 g/mol. The molecule has 0 amide bonds. The van der Waals surface area contributed by atoms with Crippen molar-refractivity contribution in [3.63, 3.8) is 0 Å². The summed E-state index contributed by atoms with van der Waals surface area (Å²) in [5.41, 5.74) is 1.85. The lowest BCUT2D eigenvalue weighted by Gasteiger charge is -2.11. The average Bonchev–Trinajstić information content (AvgIpc) is 3.10. The molecule has 0 unspecified atom stereocenters. The normalized spacial score (nSPS) is 11.9. The third-order valence-electron chi connectivity index (χ3n) is 3.43. The Labute approximate surface area is 183 Å². The predicted molar refractivity (Wildman–Crippen MR) is 114 cm³/mol. The number of guanidine groups is 1. The van der Waals surface area contributed by atoms with Gasteiger partial charge >= 0.3 is 6.18 Å². The van der Waals surface area contributed by atoms with Crippen molar-refractivity contribution < 1.29 is 17.9 Å². The van der Waals surface area contributed by atoms with Gasteiger partial charge in [0.1, 0.15) is 5.01 Å². The first-order valence-corrected chi connectivity index (χ1v) is 9.18. The molecule has 0 aliphatic rings. The second kappa shape index (κ2) is 11.4. The van der Waals surface area contributed by atoms with Gasteiger partial charge in [-0.3, -0.25) is 4.99 Å². The van der Waals surface area contributed by atoms with Gasteiger partial charge < -0.3 is 15.4 Å². The zero-order valence-electron chi connectivity index (χ0n) is 15.7. The smallest absolute Gasteiger partial charge is 0.422 e. The second-order valence-corrected chi connectivity index (χ2v) is 6.95. The van der Waals surface area contributed by atoms with Crippen LogP contribution in [0, 0.1) is 0 Å². The van der Waals surface area contributed by atoms with Gasteiger partial charge in [-0.15, -0.1) is 35.3 Å². The van der Waals surface area contributed by atoms with E-state index in [0.29, 0.717) is 25.0 Å². The number of nitrogens with one attached hydrogen (secondary N) is 2. The highest BCUT2D eigenvalue weighted by molar-refractivity contribution is 14.0. The second-order valence-electron chi connectivity index (χ2n) is 6.01. The van der Waals surface area contributed by atoms with E-state index in [1.807, 2.05) is 5.38 Å². The van der Waals surface area contributed by atoms with Crippen LogP contribution in [0.5, 0.6) is 5.88 Å². The lowest BCUT2D eigenvalue weighted by molar-refractivity contribution is -0.154. The molecular formula is C17H23F3IN5OS. The number of nitrogens with zero attached hydrogens (tertiary/aromatic N) is 3. The number of rotatable bonds is 7. The zero-order valence-corrected chi connectivity index (χ0v) is 18.9. The van der Waals surface area contributed by atoms with Crippen LogP contribution in [-0.2, 0) is 13.1 Å². The Morgan fingerprint density at radius 2 is 1.96 bits per heavy atom. The fourth-order valence-corrected chi connectivity index (χ4v) is 2.89. The Balaban J connectivity index is 0.00000392. The molecule has 2 N–H and O–H groups in total. The summed E-state index contributed by atoms with van der Waals surface area (Å²) in [7, 11) is 1.66. The number of halogens is 4. The minimum Gasteiger partial charge on any atom is -0.468 e. The van der Waals surface area contributed by atoms with Crippen molar-refractivity contribution in [3.8, 4) is 5.88 Å². The van der Waals surface area contributed by atoms with Crippen LogP contribution in [0.2, 0.25) is 0 Å². The first kappa shape index (κ1) is 24.4. The number of ether oxygens (including phenoxy) is 1. The van der Waals surface area contributed by atoms with Gasteiger partial charge in [0.15, 0.2) is 12.6 Å². The molecule has 0 spiro atoms. The Morgan fingerprint density at radius 3 is 2.50 bits per heavy atom. The maximum Gasteiger partial charge on any atom is 0.422 e. The van der Waals surface area contributed by atoms with Crippen molar-refractivity contribution in [3.05, 3.63) is 40.0 Å². The number of aliphatic imine (C=N–C) groups is 1. The maximum atomic E-state index is 12.1. The van der Waals surface area contributed by atoms with Gasteiger partial charge in [-0.1, -0.05) is 19.9 Å². The summed E-state index contributed by atoms with van der Waals surface area (Å²) in [5.74, 6) is 0.917. The predicted octanol–water partition coefficient (Wildman–Crippen LogP) is 4.09. The maximum absolute atomic E-state index is 12.1. The molecule has 6 nitrogen and oxygen atoms in total. The van der Waals surface area contributed by atoms with Crippen LogP contribution in [0.1, 0.15) is 36.0 Å². The number of hydrogen-bond acceptors (Lipinski definition) is 5. The highest BCUT2D eigenvalue weighted by Gasteiger charge is 2.28. The number of hydrogen-bond donors (Lipinski definition) is 2. The summed E-state index contributed by atoms with van der Waals surface area (Å²) >= 11 is 1.59. The van der Waals surface area contributed by atoms with Crippen LogP contribution in [0.4, 0.5) is 13.2 Å². The highest BCUT2D eigenvalue weighted by atomic mass is 127. The molecule has 0 bridgehead atoms. The minimum atomic E-state index is -4.38. The third-order valence-corrected chi connectivity index (χ3v) is 4.30. The molecule has 28 heavy (non-hydrogen) atoms. The standard InChI is InChI=1S/C17H22F3N5OS.HI/c1-11(2)13-9-27-15(25-13)8-24-16(21-3)23-7-12-4-5-14(22-6-12)26-10-17(18,19)20;/h4-6,9,11H,7-8,10H2,1-3H3,(H2,21,23,24);1H. The monoisotopic (exact) mass is 529 g/mol. The summed E-state index contributed by atoms with van der Waals surface area (Å²) in [4.78, 5) is 12.6. The molecule has 0 saturated carbocycles. The van der Waals surface area contributed by atoms with E-state index in [-0.39, 0.29) is 29.9 Å². The molecule has 0 atom stereocenters. The van der Waals surface area contributed by atoms with Crippen molar-refractivity contribution in [1.29, 1.82) is 0 Å². The molecule has 11 heteroatoms. The first-order chi connectivity index (χ1) is 12.8. The Kier molecular flexibility index (Phi) is 9.93. The van der Waals surface area contributed by atoms with Gasteiger partial charge in [-0.25, -0.2) is 9.97 Å². The fourth-order valence-electron chi connectivity index (χ4n) is 1.99. The van der Waals surface area contributed by atoms with Crippen molar-refractivity contribution in [1.82, 2.24) is 20.6 Å². The molecule has 0 aliphatic heterocycles. The quantitative estimate of drug-likeness (QED) is 0.322. The molecule has 0 aromatic carbocycles. The third kappa shape index (κ3) is 8.59. The Morgan fingerprint density at radius 1 is 1.25 bits per heavy atom. The van der Waals surface area contributed by atoms with Crippen LogP contribution in [-0.4, -0.2) is 35.8 Å². The molecule has 2 rings (SSSR count). The molecule has 2 aromatic rings. The van der Waals surface area contributed by atoms with E-state index in [2.05, 4.69) is 44.2 Å². The number of aromatic nitrogens is 2. The van der Waals surface area contributed by atoms with Gasteiger partial charge in [0.2, 0.25) is 5.88 Å². The molecule has 2 aromatic heterocycles. The van der Waals surface area contributed by atoms with Crippen molar-refractivity contribution in [2.45, 2.75) is 39.0 Å². The number of alkyl halides is 3. The van der Waals surface area contributed by atoms with Crippen LogP contribution in [0.3, 0.4) is 0 Å². The van der Waals surface area contributed by atoms with E-state index >= 15 is 0 Å². The first-order valence-electron chi connectivity index (χ1n) is 8.30. The van der Waals surface area contributed by atoms with Crippen LogP contribution in [0.15, 0.2) is 28.7 Å².